The number of amides is 3. The number of hydrogen-bond donors (Lipinski definition) is 1. The Balaban J connectivity index is 1.30. The van der Waals surface area contributed by atoms with Crippen LogP contribution in [0.2, 0.25) is 5.02 Å². The maximum Gasteiger partial charge on any atom is 0.326 e. The number of pyridine rings is 1. The molecule has 1 N–H and O–H groups in total. The van der Waals surface area contributed by atoms with Crippen molar-refractivity contribution in [2.45, 2.75) is 31.4 Å². The molecule has 1 aliphatic heterocycles. The predicted molar refractivity (Wildman–Crippen MR) is 118 cm³/mol. The summed E-state index contributed by atoms with van der Waals surface area (Å²) in [5.41, 5.74) is 0.849. The fraction of sp³-hybridized carbons (Fsp3) is 0.261. The molecule has 2 aromatic heterocycles. The third kappa shape index (κ3) is 3.64. The second-order valence-electron chi connectivity index (χ2n) is 8.06. The van der Waals surface area contributed by atoms with E-state index in [4.69, 9.17) is 16.3 Å². The normalized spacial score (nSPS) is 19.6. The molecule has 10 heteroatoms. The highest BCUT2D eigenvalue weighted by molar-refractivity contribution is 6.30. The first-order valence-electron chi connectivity index (χ1n) is 10.4. The number of benzene rings is 1. The van der Waals surface area contributed by atoms with E-state index in [0.29, 0.717) is 17.1 Å². The van der Waals surface area contributed by atoms with Crippen molar-refractivity contribution >= 4 is 35.2 Å². The quantitative estimate of drug-likeness (QED) is 0.466. The van der Waals surface area contributed by atoms with Crippen LogP contribution in [0.15, 0.2) is 53.5 Å². The van der Waals surface area contributed by atoms with Gasteiger partial charge in [-0.15, -0.1) is 0 Å². The Morgan fingerprint density at radius 3 is 2.85 bits per heavy atom. The van der Waals surface area contributed by atoms with Gasteiger partial charge in [-0.2, -0.15) is 0 Å². The summed E-state index contributed by atoms with van der Waals surface area (Å²) in [6.07, 6.45) is 3.48. The number of aromatic nitrogens is 2. The zero-order valence-electron chi connectivity index (χ0n) is 17.4. The fourth-order valence-electron chi connectivity index (χ4n) is 4.48. The molecule has 5 rings (SSSR count). The Morgan fingerprint density at radius 2 is 2.00 bits per heavy atom. The van der Waals surface area contributed by atoms with Crippen LogP contribution in [-0.4, -0.2) is 38.7 Å². The summed E-state index contributed by atoms with van der Waals surface area (Å²) < 4.78 is 6.49. The minimum Gasteiger partial charge on any atom is -0.458 e. The average molecular weight is 467 g/mol. The zero-order chi connectivity index (χ0) is 23.2. The third-order valence-electron chi connectivity index (χ3n) is 6.00. The van der Waals surface area contributed by atoms with Gasteiger partial charge < -0.3 is 10.1 Å². The molecule has 0 radical (unpaired) electrons. The molecule has 1 fully saturated rings. The van der Waals surface area contributed by atoms with E-state index in [9.17, 15) is 19.2 Å². The van der Waals surface area contributed by atoms with E-state index in [2.05, 4.69) is 10.3 Å². The lowest BCUT2D eigenvalue weighted by Gasteiger charge is -2.33. The lowest BCUT2D eigenvalue weighted by atomic mass is 9.76. The van der Waals surface area contributed by atoms with Gasteiger partial charge in [-0.05, 0) is 42.5 Å². The number of nitrogens with one attached hydrogen (secondary N) is 1. The molecule has 1 atom stereocenters. The molecule has 168 valence electrons. The zero-order valence-corrected chi connectivity index (χ0v) is 18.2. The van der Waals surface area contributed by atoms with Crippen LogP contribution in [-0.2, 0) is 32.9 Å². The number of imide groups is 1. The van der Waals surface area contributed by atoms with Crippen molar-refractivity contribution in [3.05, 3.63) is 80.9 Å². The molecule has 3 heterocycles. The molecule has 2 aliphatic rings. The number of ether oxygens (including phenoxy) is 1. The van der Waals surface area contributed by atoms with Gasteiger partial charge in [-0.1, -0.05) is 35.9 Å². The Kier molecular flexibility index (Phi) is 5.13. The minimum absolute atomic E-state index is 0.241. The van der Waals surface area contributed by atoms with E-state index < -0.39 is 30.0 Å². The second-order valence-corrected chi connectivity index (χ2v) is 8.50. The number of carbonyl (C=O) groups is 3. The predicted octanol–water partition coefficient (Wildman–Crippen LogP) is 2.17. The number of esters is 1. The molecule has 1 spiro atoms. The van der Waals surface area contributed by atoms with Crippen LogP contribution in [0, 0.1) is 0 Å². The Hall–Kier alpha value is -3.72. The Bertz CT molecular complexity index is 1370. The summed E-state index contributed by atoms with van der Waals surface area (Å²) in [5.74, 6) is -1.24. The molecule has 33 heavy (non-hydrogen) atoms. The molecule has 3 aromatic rings. The van der Waals surface area contributed by atoms with Crippen molar-refractivity contribution in [1.82, 2.24) is 19.6 Å². The van der Waals surface area contributed by atoms with Crippen molar-refractivity contribution in [3.63, 3.8) is 0 Å². The molecule has 1 aromatic carbocycles. The monoisotopic (exact) mass is 466 g/mol. The first-order valence-corrected chi connectivity index (χ1v) is 10.8. The summed E-state index contributed by atoms with van der Waals surface area (Å²) in [4.78, 5) is 55.7. The van der Waals surface area contributed by atoms with Crippen LogP contribution in [0.5, 0.6) is 0 Å². The molecule has 1 aliphatic carbocycles. The molecule has 1 saturated heterocycles. The molecule has 9 nitrogen and oxygen atoms in total. The minimum atomic E-state index is -1.15. The molecule has 0 bridgehead atoms. The molecule has 0 saturated carbocycles. The summed E-state index contributed by atoms with van der Waals surface area (Å²) in [7, 11) is 0. The van der Waals surface area contributed by atoms with Crippen LogP contribution < -0.4 is 10.9 Å². The highest BCUT2D eigenvalue weighted by atomic mass is 35.5. The van der Waals surface area contributed by atoms with E-state index >= 15 is 0 Å². The van der Waals surface area contributed by atoms with E-state index in [1.807, 2.05) is 24.3 Å². The second kappa shape index (κ2) is 8.00. The van der Waals surface area contributed by atoms with Crippen LogP contribution in [0.4, 0.5) is 4.79 Å². The largest absolute Gasteiger partial charge is 0.458 e. The van der Waals surface area contributed by atoms with Gasteiger partial charge in [-0.3, -0.25) is 23.7 Å². The first-order chi connectivity index (χ1) is 15.9. The van der Waals surface area contributed by atoms with Crippen molar-refractivity contribution in [2.75, 3.05) is 6.54 Å². The van der Waals surface area contributed by atoms with E-state index in [-0.39, 0.29) is 17.9 Å². The van der Waals surface area contributed by atoms with Crippen LogP contribution in [0.25, 0.3) is 5.65 Å². The summed E-state index contributed by atoms with van der Waals surface area (Å²) in [6, 6.07) is 11.3. The van der Waals surface area contributed by atoms with E-state index in [1.54, 1.807) is 12.1 Å². The number of fused-ring (bicyclic) bond motifs is 3. The molecule has 0 unspecified atom stereocenters. The van der Waals surface area contributed by atoms with Crippen LogP contribution >= 0.6 is 11.6 Å². The number of halogens is 1. The van der Waals surface area contributed by atoms with Gasteiger partial charge in [0.2, 0.25) is 0 Å². The number of carbonyl (C=O) groups excluding carboxylic acids is 3. The lowest BCUT2D eigenvalue weighted by molar-refractivity contribution is -0.149. The average Bonchev–Trinajstić information content (AvgIpc) is 3.03. The maximum atomic E-state index is 13.3. The SMILES string of the molecule is O=C(CN1C(=O)N[C@@]2(CCCc3ccccc32)C1=O)OCc1cc(=O)n2cc(Cl)ccc2n1. The summed E-state index contributed by atoms with van der Waals surface area (Å²) in [6.45, 7) is -0.804. The van der Waals surface area contributed by atoms with Crippen molar-refractivity contribution in [3.8, 4) is 0 Å². The van der Waals surface area contributed by atoms with Gasteiger partial charge in [0.05, 0.1) is 10.7 Å². The number of rotatable bonds is 4. The standard InChI is InChI=1S/C23H19ClN4O5/c24-15-7-8-18-25-16(10-19(29)27(18)11-15)13-33-20(30)12-28-21(31)23(26-22(28)32)9-3-5-14-4-1-2-6-17(14)23/h1-2,4,6-8,10-11H,3,5,9,12-13H2,(H,26,32)/t23-/m1/s1. The summed E-state index contributed by atoms with van der Waals surface area (Å²) >= 11 is 5.90. The van der Waals surface area contributed by atoms with Gasteiger partial charge in [0.25, 0.3) is 11.5 Å². The third-order valence-corrected chi connectivity index (χ3v) is 6.22. The van der Waals surface area contributed by atoms with Gasteiger partial charge >= 0.3 is 12.0 Å². The number of hydrogen-bond acceptors (Lipinski definition) is 6. The first kappa shape index (κ1) is 21.1. The lowest BCUT2D eigenvalue weighted by Crippen LogP contribution is -2.46. The fourth-order valence-corrected chi connectivity index (χ4v) is 4.64. The van der Waals surface area contributed by atoms with Gasteiger partial charge in [0.1, 0.15) is 24.3 Å². The van der Waals surface area contributed by atoms with Crippen LogP contribution in [0.1, 0.15) is 29.7 Å². The summed E-state index contributed by atoms with van der Waals surface area (Å²) in [5, 5.41) is 3.19. The topological polar surface area (TPSA) is 110 Å². The highest BCUT2D eigenvalue weighted by Crippen LogP contribution is 2.39. The van der Waals surface area contributed by atoms with E-state index in [1.165, 1.54) is 16.7 Å². The van der Waals surface area contributed by atoms with Gasteiger partial charge in [0.15, 0.2) is 0 Å². The van der Waals surface area contributed by atoms with E-state index in [0.717, 1.165) is 28.9 Å². The van der Waals surface area contributed by atoms with Crippen molar-refractivity contribution in [1.29, 1.82) is 0 Å². The van der Waals surface area contributed by atoms with Crippen LogP contribution in [0.3, 0.4) is 0 Å². The highest BCUT2D eigenvalue weighted by Gasteiger charge is 2.54. The number of urea groups is 1. The van der Waals surface area contributed by atoms with Crippen molar-refractivity contribution < 1.29 is 19.1 Å². The Morgan fingerprint density at radius 1 is 1.18 bits per heavy atom. The Labute approximate surface area is 192 Å². The maximum absolute atomic E-state index is 13.3. The number of aryl methyl sites for hydroxylation is 1. The molecule has 3 amide bonds. The smallest absolute Gasteiger partial charge is 0.326 e. The number of nitrogens with zero attached hydrogens (tertiary/aromatic N) is 3. The molecular weight excluding hydrogens is 448 g/mol. The van der Waals surface area contributed by atoms with Gasteiger partial charge in [-0.25, -0.2) is 9.78 Å². The molecular formula is C23H19ClN4O5. The van der Waals surface area contributed by atoms with Crippen molar-refractivity contribution in [2.24, 2.45) is 0 Å². The van der Waals surface area contributed by atoms with Gasteiger partial charge in [0, 0.05) is 12.3 Å².